The molecule has 0 aliphatic rings. The molecule has 0 fully saturated rings. The summed E-state index contributed by atoms with van der Waals surface area (Å²) in [6.45, 7) is 0.342. The minimum atomic E-state index is -1.20. The molecule has 3 rings (SSSR count). The van der Waals surface area contributed by atoms with Gasteiger partial charge in [-0.05, 0) is 41.5 Å². The van der Waals surface area contributed by atoms with E-state index in [9.17, 15) is 14.7 Å². The number of hydrogen-bond acceptors (Lipinski definition) is 3. The number of thioether (sulfide) groups is 1. The van der Waals surface area contributed by atoms with E-state index in [1.54, 1.807) is 11.8 Å². The van der Waals surface area contributed by atoms with Crippen LogP contribution in [0.3, 0.4) is 0 Å². The highest BCUT2D eigenvalue weighted by Gasteiger charge is 2.14. The summed E-state index contributed by atoms with van der Waals surface area (Å²) in [5.41, 5.74) is 1.00. The summed E-state index contributed by atoms with van der Waals surface area (Å²) in [5, 5.41) is 10.0. The van der Waals surface area contributed by atoms with Crippen molar-refractivity contribution in [2.24, 2.45) is 0 Å². The molecule has 1 N–H and O–H groups in total. The van der Waals surface area contributed by atoms with Crippen molar-refractivity contribution in [3.8, 4) is 0 Å². The largest absolute Gasteiger partial charge is 0.477 e. The van der Waals surface area contributed by atoms with Gasteiger partial charge in [-0.25, -0.2) is 4.79 Å². The van der Waals surface area contributed by atoms with Crippen LogP contribution in [0, 0.1) is 0 Å². The molecule has 1 aromatic heterocycles. The highest BCUT2D eigenvalue weighted by molar-refractivity contribution is 7.98. The van der Waals surface area contributed by atoms with Crippen LogP contribution in [-0.2, 0) is 6.54 Å². The van der Waals surface area contributed by atoms with E-state index in [0.29, 0.717) is 6.54 Å². The summed E-state index contributed by atoms with van der Waals surface area (Å²) < 4.78 is 1.52. The fourth-order valence-electron chi connectivity index (χ4n) is 2.55. The van der Waals surface area contributed by atoms with Crippen molar-refractivity contribution in [2.45, 2.75) is 11.4 Å². The summed E-state index contributed by atoms with van der Waals surface area (Å²) in [6.07, 6.45) is 2.00. The van der Waals surface area contributed by atoms with Crippen molar-refractivity contribution in [1.82, 2.24) is 4.57 Å². The Labute approximate surface area is 137 Å². The van der Waals surface area contributed by atoms with E-state index >= 15 is 0 Å². The van der Waals surface area contributed by atoms with Crippen LogP contribution in [0.15, 0.2) is 64.3 Å². The molecule has 5 heteroatoms. The molecule has 0 radical (unpaired) electrons. The molecule has 1 heterocycles. The van der Waals surface area contributed by atoms with E-state index in [1.165, 1.54) is 10.6 Å². The molecule has 23 heavy (non-hydrogen) atoms. The van der Waals surface area contributed by atoms with Crippen LogP contribution < -0.4 is 5.56 Å². The lowest BCUT2D eigenvalue weighted by atomic mass is 10.1. The second kappa shape index (κ2) is 6.30. The highest BCUT2D eigenvalue weighted by Crippen LogP contribution is 2.18. The van der Waals surface area contributed by atoms with Gasteiger partial charge in [-0.3, -0.25) is 4.79 Å². The highest BCUT2D eigenvalue weighted by atomic mass is 32.2. The Morgan fingerprint density at radius 2 is 1.83 bits per heavy atom. The van der Waals surface area contributed by atoms with Crippen LogP contribution in [0.25, 0.3) is 10.9 Å². The van der Waals surface area contributed by atoms with Gasteiger partial charge in [0.25, 0.3) is 5.56 Å². The summed E-state index contributed by atoms with van der Waals surface area (Å²) in [6, 6.07) is 16.7. The third-order valence-electron chi connectivity index (χ3n) is 3.73. The number of aromatic carboxylic acids is 1. The van der Waals surface area contributed by atoms with Crippen molar-refractivity contribution in [2.75, 3.05) is 6.26 Å². The fraction of sp³-hybridized carbons (Fsp3) is 0.111. The molecule has 0 amide bonds. The van der Waals surface area contributed by atoms with E-state index in [-0.39, 0.29) is 5.56 Å². The Morgan fingerprint density at radius 3 is 2.48 bits per heavy atom. The first-order chi connectivity index (χ1) is 11.1. The van der Waals surface area contributed by atoms with E-state index in [4.69, 9.17) is 0 Å². The van der Waals surface area contributed by atoms with Gasteiger partial charge >= 0.3 is 5.97 Å². The molecule has 0 spiro atoms. The molecule has 0 unspecified atom stereocenters. The molecule has 116 valence electrons. The van der Waals surface area contributed by atoms with Crippen LogP contribution in [0.5, 0.6) is 0 Å². The predicted molar refractivity (Wildman–Crippen MR) is 92.5 cm³/mol. The number of nitrogens with zero attached hydrogens (tertiary/aromatic N) is 1. The smallest absolute Gasteiger partial charge is 0.341 e. The fourth-order valence-corrected chi connectivity index (χ4v) is 2.96. The van der Waals surface area contributed by atoms with Crippen LogP contribution in [0.1, 0.15) is 15.9 Å². The zero-order valence-electron chi connectivity index (χ0n) is 12.5. The molecule has 0 aliphatic heterocycles. The van der Waals surface area contributed by atoms with Gasteiger partial charge in [-0.2, -0.15) is 0 Å². The van der Waals surface area contributed by atoms with Crippen molar-refractivity contribution >= 4 is 28.6 Å². The lowest BCUT2D eigenvalue weighted by molar-refractivity contribution is 0.0694. The Bertz CT molecular complexity index is 929. The van der Waals surface area contributed by atoms with E-state index in [2.05, 4.69) is 0 Å². The van der Waals surface area contributed by atoms with Gasteiger partial charge in [0.1, 0.15) is 5.56 Å². The number of fused-ring (bicyclic) bond motifs is 1. The van der Waals surface area contributed by atoms with Gasteiger partial charge in [0.05, 0.1) is 12.1 Å². The molecule has 4 nitrogen and oxygen atoms in total. The van der Waals surface area contributed by atoms with E-state index < -0.39 is 11.5 Å². The second-order valence-electron chi connectivity index (χ2n) is 5.16. The van der Waals surface area contributed by atoms with Gasteiger partial charge in [0.15, 0.2) is 0 Å². The van der Waals surface area contributed by atoms with Crippen molar-refractivity contribution in [3.05, 3.63) is 76.1 Å². The lowest BCUT2D eigenvalue weighted by Gasteiger charge is -2.12. The number of pyridine rings is 1. The van der Waals surface area contributed by atoms with Gasteiger partial charge in [0, 0.05) is 4.90 Å². The van der Waals surface area contributed by atoms with Crippen molar-refractivity contribution in [3.63, 3.8) is 0 Å². The Balaban J connectivity index is 2.16. The number of para-hydroxylation sites is 1. The minimum Gasteiger partial charge on any atom is -0.477 e. The average molecular weight is 325 g/mol. The maximum absolute atomic E-state index is 12.5. The molecule has 0 saturated heterocycles. The van der Waals surface area contributed by atoms with Gasteiger partial charge in [-0.15, -0.1) is 11.8 Å². The quantitative estimate of drug-likeness (QED) is 0.746. The van der Waals surface area contributed by atoms with E-state index in [0.717, 1.165) is 21.4 Å². The molecule has 0 atom stereocenters. The monoisotopic (exact) mass is 325 g/mol. The number of carbonyl (C=O) groups is 1. The van der Waals surface area contributed by atoms with Crippen molar-refractivity contribution < 1.29 is 9.90 Å². The first kappa shape index (κ1) is 15.4. The summed E-state index contributed by atoms with van der Waals surface area (Å²) >= 11 is 1.65. The Hall–Kier alpha value is -2.53. The number of benzene rings is 2. The summed E-state index contributed by atoms with van der Waals surface area (Å²) in [7, 11) is 0. The first-order valence-electron chi connectivity index (χ1n) is 7.09. The molecule has 0 saturated carbocycles. The Kier molecular flexibility index (Phi) is 4.21. The number of aromatic nitrogens is 1. The van der Waals surface area contributed by atoms with E-state index in [1.807, 2.05) is 54.8 Å². The summed E-state index contributed by atoms with van der Waals surface area (Å²) in [4.78, 5) is 25.0. The molecular weight excluding hydrogens is 310 g/mol. The lowest BCUT2D eigenvalue weighted by Crippen LogP contribution is -2.27. The molecule has 3 aromatic rings. The third-order valence-corrected chi connectivity index (χ3v) is 4.48. The second-order valence-corrected chi connectivity index (χ2v) is 6.04. The standard InChI is InChI=1S/C18H15NO3S/c1-23-14-8-6-12(7-9-14)11-19-16-5-3-2-4-13(16)10-15(17(19)20)18(21)22/h2-10H,11H2,1H3,(H,21,22). The predicted octanol–water partition coefficient (Wildman–Crippen LogP) is 3.47. The molecule has 0 bridgehead atoms. The zero-order valence-corrected chi connectivity index (χ0v) is 13.3. The number of carboxylic acid groups (broad SMARTS) is 1. The number of carboxylic acids is 1. The molecule has 2 aromatic carbocycles. The minimum absolute atomic E-state index is 0.204. The maximum atomic E-state index is 12.5. The number of hydrogen-bond donors (Lipinski definition) is 1. The topological polar surface area (TPSA) is 59.3 Å². The van der Waals surface area contributed by atoms with Gasteiger partial charge < -0.3 is 9.67 Å². The van der Waals surface area contributed by atoms with Gasteiger partial charge in [0.2, 0.25) is 0 Å². The summed E-state index contributed by atoms with van der Waals surface area (Å²) in [5.74, 6) is -1.20. The van der Waals surface area contributed by atoms with Crippen LogP contribution >= 0.6 is 11.8 Å². The average Bonchev–Trinajstić information content (AvgIpc) is 2.57. The SMILES string of the molecule is CSc1ccc(Cn2c(=O)c(C(=O)O)cc3ccccc32)cc1. The maximum Gasteiger partial charge on any atom is 0.341 e. The Morgan fingerprint density at radius 1 is 1.13 bits per heavy atom. The first-order valence-corrected chi connectivity index (χ1v) is 8.31. The van der Waals surface area contributed by atoms with Crippen LogP contribution in [0.4, 0.5) is 0 Å². The molecular formula is C18H15NO3S. The molecule has 0 aliphatic carbocycles. The van der Waals surface area contributed by atoms with Gasteiger partial charge in [-0.1, -0.05) is 30.3 Å². The van der Waals surface area contributed by atoms with Crippen LogP contribution in [-0.4, -0.2) is 21.9 Å². The third kappa shape index (κ3) is 3.00. The van der Waals surface area contributed by atoms with Crippen molar-refractivity contribution in [1.29, 1.82) is 0 Å². The van der Waals surface area contributed by atoms with Crippen LogP contribution in [0.2, 0.25) is 0 Å². The number of rotatable bonds is 4. The zero-order chi connectivity index (χ0) is 16.4. The normalized spacial score (nSPS) is 10.8.